The first-order valence-electron chi connectivity index (χ1n) is 27.0. The number of carbonyl (C=O) groups excluding carboxylic acids is 8. The lowest BCUT2D eigenvalue weighted by molar-refractivity contribution is -0.169. The lowest BCUT2D eigenvalue weighted by Crippen LogP contribution is -2.51. The lowest BCUT2D eigenvalue weighted by Gasteiger charge is -2.29. The molecule has 428 valence electrons. The van der Waals surface area contributed by atoms with Crippen molar-refractivity contribution in [2.75, 3.05) is 25.0 Å². The van der Waals surface area contributed by atoms with Gasteiger partial charge in [0.25, 0.3) is 5.56 Å². The normalized spacial score (nSPS) is 16.8. The van der Waals surface area contributed by atoms with Gasteiger partial charge in [0.05, 0.1) is 35.6 Å². The highest BCUT2D eigenvalue weighted by Gasteiger charge is 2.44. The molecule has 3 unspecified atom stereocenters. The van der Waals surface area contributed by atoms with Crippen molar-refractivity contribution in [2.45, 2.75) is 152 Å². The first kappa shape index (κ1) is 62.1. The molecule has 1 aliphatic carbocycles. The minimum atomic E-state index is -1.90. The predicted molar refractivity (Wildman–Crippen MR) is 293 cm³/mol. The number of likely N-dealkylation sites (tertiary alicyclic amines) is 1. The van der Waals surface area contributed by atoms with Crippen molar-refractivity contribution in [3.63, 3.8) is 0 Å². The molecule has 8 amide bonds. The van der Waals surface area contributed by atoms with Crippen LogP contribution in [-0.2, 0) is 76.4 Å². The van der Waals surface area contributed by atoms with Crippen LogP contribution in [0.5, 0.6) is 0 Å². The third kappa shape index (κ3) is 15.1. The van der Waals surface area contributed by atoms with E-state index < -0.39 is 41.6 Å². The van der Waals surface area contributed by atoms with Gasteiger partial charge in [0.1, 0.15) is 25.1 Å². The van der Waals surface area contributed by atoms with E-state index in [0.717, 1.165) is 47.8 Å². The van der Waals surface area contributed by atoms with Gasteiger partial charge in [0.15, 0.2) is 5.60 Å². The maximum atomic E-state index is 14.6. The molecule has 1 saturated heterocycles. The minimum Gasteiger partial charge on any atom is -0.458 e. The third-order valence-corrected chi connectivity index (χ3v) is 14.1. The summed E-state index contributed by atoms with van der Waals surface area (Å²) in [5, 5.41) is 22.1. The van der Waals surface area contributed by atoms with Crippen molar-refractivity contribution < 1.29 is 57.3 Å². The van der Waals surface area contributed by atoms with Gasteiger partial charge >= 0.3 is 18.1 Å². The second-order valence-corrected chi connectivity index (χ2v) is 20.5. The van der Waals surface area contributed by atoms with Crippen molar-refractivity contribution in [3.05, 3.63) is 91.5 Å². The van der Waals surface area contributed by atoms with Crippen molar-refractivity contribution in [1.29, 1.82) is 0 Å². The average Bonchev–Trinajstić information content (AvgIpc) is 4.20. The number of anilines is 1. The number of fused-ring (bicyclic) bond motifs is 5. The van der Waals surface area contributed by atoms with Crippen LogP contribution in [0, 0.1) is 30.5 Å². The molecule has 0 radical (unpaired) electrons. The molecule has 4 aliphatic rings. The molecule has 2 aromatic carbocycles. The molecule has 1 fully saturated rings. The summed E-state index contributed by atoms with van der Waals surface area (Å²) in [6.45, 7) is 17.6. The molecule has 3 aliphatic heterocycles. The van der Waals surface area contributed by atoms with Crippen LogP contribution in [0.2, 0.25) is 0 Å². The van der Waals surface area contributed by atoms with Gasteiger partial charge in [0, 0.05) is 60.1 Å². The van der Waals surface area contributed by atoms with Crippen LogP contribution in [0.3, 0.4) is 0 Å². The van der Waals surface area contributed by atoms with Crippen LogP contribution in [0.25, 0.3) is 22.3 Å². The van der Waals surface area contributed by atoms with Gasteiger partial charge in [-0.05, 0) is 105 Å². The van der Waals surface area contributed by atoms with E-state index in [1.54, 1.807) is 55.7 Å². The summed E-state index contributed by atoms with van der Waals surface area (Å²) in [5.74, 6) is -2.82. The first-order valence-corrected chi connectivity index (χ1v) is 27.0. The fourth-order valence-corrected chi connectivity index (χ4v) is 9.82. The number of pyridine rings is 2. The Balaban J connectivity index is 0.000000258. The van der Waals surface area contributed by atoms with Crippen LogP contribution in [-0.4, -0.2) is 92.9 Å². The summed E-state index contributed by atoms with van der Waals surface area (Å²) >= 11 is 0. The zero-order valence-corrected chi connectivity index (χ0v) is 46.7. The van der Waals surface area contributed by atoms with E-state index in [1.807, 2.05) is 34.6 Å². The van der Waals surface area contributed by atoms with Crippen molar-refractivity contribution in [3.8, 4) is 11.4 Å². The van der Waals surface area contributed by atoms with E-state index >= 15 is 0 Å². The van der Waals surface area contributed by atoms with Gasteiger partial charge in [-0.25, -0.2) is 23.8 Å². The largest absolute Gasteiger partial charge is 0.458 e. The number of nitrogens with one attached hydrogen (secondary N) is 4. The van der Waals surface area contributed by atoms with Gasteiger partial charge in [-0.3, -0.25) is 33.7 Å². The number of aromatic nitrogens is 2. The molecule has 3 atom stereocenters. The number of primary amides is 2. The molecule has 5 heterocycles. The number of unbranched alkanes of at least 4 members (excludes halogenated alkanes) is 2. The zero-order valence-electron chi connectivity index (χ0n) is 46.7. The molecule has 4 aromatic rings. The van der Waals surface area contributed by atoms with Crippen LogP contribution in [0.1, 0.15) is 139 Å². The molecule has 0 spiro atoms. The fraction of sp³-hybridized carbons (Fsp3) is 0.509. The van der Waals surface area contributed by atoms with Gasteiger partial charge in [-0.1, -0.05) is 67.0 Å². The van der Waals surface area contributed by atoms with Gasteiger partial charge in [-0.15, -0.1) is 0 Å². The summed E-state index contributed by atoms with van der Waals surface area (Å²) < 4.78 is 25.9. The number of hydrogen-bond acceptors (Lipinski definition) is 13. The van der Waals surface area contributed by atoms with Gasteiger partial charge in [0.2, 0.25) is 29.5 Å². The highest BCUT2D eigenvalue weighted by molar-refractivity contribution is 6.03. The van der Waals surface area contributed by atoms with Gasteiger partial charge in [-0.2, -0.15) is 0 Å². The number of carbonyl (C=O) groups is 8. The Morgan fingerprint density at radius 3 is 2.22 bits per heavy atom. The van der Waals surface area contributed by atoms with Gasteiger partial charge < -0.3 is 51.9 Å². The second kappa shape index (κ2) is 27.7. The topological polar surface area (TPSA) is 314 Å². The highest BCUT2D eigenvalue weighted by atomic mass is 19.1. The van der Waals surface area contributed by atoms with Crippen molar-refractivity contribution in [2.24, 2.45) is 29.2 Å². The Bertz CT molecular complexity index is 3010. The number of nitrogens with zero attached hydrogens (tertiary/aromatic N) is 3. The number of amides is 8. The highest BCUT2D eigenvalue weighted by Crippen LogP contribution is 2.42. The number of aryl methyl sites for hydroxylation is 2. The number of ether oxygens (including phenoxy) is 2. The van der Waals surface area contributed by atoms with Crippen LogP contribution in [0.15, 0.2) is 41.2 Å². The molecule has 9 N–H and O–H groups in total. The number of benzene rings is 2. The van der Waals surface area contributed by atoms with E-state index in [0.29, 0.717) is 72.6 Å². The van der Waals surface area contributed by atoms with E-state index in [1.165, 1.54) is 17.9 Å². The second-order valence-electron chi connectivity index (χ2n) is 20.5. The standard InChI is InChI=1S/C28H41N5O7.C23H19FN2O4.C4H10N2O.C2H6/c1-17(2)21-14-24(36)33(27(21)38)13-7-5-6-8-22(34)32-25(18(3)4)26(37)30-15-23(35)31-20-11-9-19(10-12-20)16-40-28(29)39;1-10-11-4-3-5-12-13-8-26-18(20(13)25-17(19(11)12)7-16(10)24)6-15-14(21(26)27)9-30-22(28)23(15,2)29;1-2-3-6-4(5)7;1-2/h9-12,17-18,21,25H,5-8,13-16H2,1-4H3,(H2,29,39)(H,30,37)(H,31,35)(H,32,34);6-7,29H,3-5,8-9H2,1-2H3;2-3H2,1H3,(H3,5,6,7);1-2H3. The molecule has 8 rings (SSSR count). The lowest BCUT2D eigenvalue weighted by atomic mass is 9.84. The summed E-state index contributed by atoms with van der Waals surface area (Å²) in [5.41, 5.74) is 14.7. The first-order chi connectivity index (χ1) is 37.4. The molecule has 21 nitrogen and oxygen atoms in total. The number of imide groups is 1. The summed E-state index contributed by atoms with van der Waals surface area (Å²) in [4.78, 5) is 114. The SMILES string of the molecule is CC.CC(C)C1CC(=O)N(CCCCCC(=O)NC(C(=O)NCC(=O)Nc2ccc(COC(N)=O)cc2)C(C)C)C1=O.CCCNC(N)=O.Cc1c(F)cc2nc3c(c4c2c1CCC4)Cn1c-3cc2c(c1=O)COC(=O)C2(C)O. The molecular weight excluding hydrogens is 1020 g/mol. The van der Waals surface area contributed by atoms with Crippen LogP contribution < -0.4 is 38.3 Å². The Morgan fingerprint density at radius 1 is 0.924 bits per heavy atom. The van der Waals surface area contributed by atoms with E-state index in [9.17, 15) is 52.6 Å². The number of esters is 1. The van der Waals surface area contributed by atoms with E-state index in [-0.39, 0.29) is 90.6 Å². The average molecular weight is 1100 g/mol. The number of nitrogens with two attached hydrogens (primary N) is 2. The van der Waals surface area contributed by atoms with E-state index in [4.69, 9.17) is 25.9 Å². The smallest absolute Gasteiger partial charge is 0.404 e. The monoisotopic (exact) mass is 1100 g/mol. The Kier molecular flexibility index (Phi) is 21.8. The molecule has 79 heavy (non-hydrogen) atoms. The predicted octanol–water partition coefficient (Wildman–Crippen LogP) is 5.79. The third-order valence-electron chi connectivity index (χ3n) is 14.1. The van der Waals surface area contributed by atoms with Crippen LogP contribution >= 0.6 is 0 Å². The number of halogens is 1. The number of urea groups is 1. The fourth-order valence-electron chi connectivity index (χ4n) is 9.82. The number of hydrogen-bond donors (Lipinski definition) is 7. The summed E-state index contributed by atoms with van der Waals surface area (Å²) in [6.07, 6.45) is 4.93. The minimum absolute atomic E-state index is 0.0152. The van der Waals surface area contributed by atoms with E-state index in [2.05, 4.69) is 21.3 Å². The quantitative estimate of drug-likeness (QED) is 0.0330. The Labute approximate surface area is 459 Å². The number of cyclic esters (lactones) is 1. The van der Waals surface area contributed by atoms with Crippen LogP contribution in [0.4, 0.5) is 19.7 Å². The zero-order chi connectivity index (χ0) is 58.5. The van der Waals surface area contributed by atoms with Crippen molar-refractivity contribution >= 4 is 64.2 Å². The number of rotatable bonds is 17. The molecule has 0 bridgehead atoms. The maximum Gasteiger partial charge on any atom is 0.404 e. The maximum absolute atomic E-state index is 14.6. The summed E-state index contributed by atoms with van der Waals surface area (Å²) in [7, 11) is 0. The molecule has 0 saturated carbocycles. The summed E-state index contributed by atoms with van der Waals surface area (Å²) in [6, 6.07) is 8.46. The molecule has 2 aromatic heterocycles. The van der Waals surface area contributed by atoms with Crippen molar-refractivity contribution in [1.82, 2.24) is 30.4 Å². The Morgan fingerprint density at radius 2 is 1.61 bits per heavy atom. The molecule has 22 heteroatoms. The number of aliphatic hydroxyl groups is 1. The Hall–Kier alpha value is -7.75. The molecular formula is C57H76FN9O12.